The lowest BCUT2D eigenvalue weighted by atomic mass is 9.89. The Morgan fingerprint density at radius 3 is 2.50 bits per heavy atom. The van der Waals surface area contributed by atoms with Crippen LogP contribution in [0.25, 0.3) is 0 Å². The van der Waals surface area contributed by atoms with E-state index >= 15 is 0 Å². The van der Waals surface area contributed by atoms with E-state index in [9.17, 15) is 13.2 Å². The Morgan fingerprint density at radius 1 is 1.25 bits per heavy atom. The zero-order valence-corrected chi connectivity index (χ0v) is 8.42. The van der Waals surface area contributed by atoms with Gasteiger partial charge in [-0.3, -0.25) is 0 Å². The zero-order valence-electron chi connectivity index (χ0n) is 8.42. The Bertz CT molecular complexity index is 413. The van der Waals surface area contributed by atoms with Gasteiger partial charge in [0.25, 0.3) is 0 Å². The second-order valence-corrected chi connectivity index (χ2v) is 3.73. The largest absolute Gasteiger partial charge is 0.490 e. The summed E-state index contributed by atoms with van der Waals surface area (Å²) >= 11 is 0. The number of hydrogen-bond acceptors (Lipinski definition) is 1. The predicted octanol–water partition coefficient (Wildman–Crippen LogP) is 3.67. The van der Waals surface area contributed by atoms with Crippen molar-refractivity contribution in [3.63, 3.8) is 0 Å². The summed E-state index contributed by atoms with van der Waals surface area (Å²) in [5.74, 6) is 0. The molecule has 0 aromatic heterocycles. The standard InChI is InChI=1S/C12H10F3O/c1-11(7-4-8-16-11)9-5-2-3-6-10(9)12(13,14)15/h2-6,8H,1,7H2. The Balaban J connectivity index is 2.49. The molecule has 85 valence electrons. The fourth-order valence-electron chi connectivity index (χ4n) is 1.77. The molecule has 0 N–H and O–H groups in total. The van der Waals surface area contributed by atoms with E-state index in [1.807, 2.05) is 0 Å². The van der Waals surface area contributed by atoms with Crippen molar-refractivity contribution in [2.24, 2.45) is 0 Å². The fraction of sp³-hybridized carbons (Fsp3) is 0.250. The molecule has 1 radical (unpaired) electrons. The Morgan fingerprint density at radius 2 is 1.94 bits per heavy atom. The van der Waals surface area contributed by atoms with Gasteiger partial charge in [0.05, 0.1) is 11.8 Å². The third-order valence-electron chi connectivity index (χ3n) is 2.56. The summed E-state index contributed by atoms with van der Waals surface area (Å²) in [6, 6.07) is 5.37. The lowest BCUT2D eigenvalue weighted by molar-refractivity contribution is -0.140. The minimum absolute atomic E-state index is 0.0764. The van der Waals surface area contributed by atoms with Crippen molar-refractivity contribution in [2.75, 3.05) is 0 Å². The summed E-state index contributed by atoms with van der Waals surface area (Å²) < 4.78 is 43.5. The number of hydrogen-bond donors (Lipinski definition) is 0. The lowest BCUT2D eigenvalue weighted by Gasteiger charge is -2.27. The Labute approximate surface area is 91.5 Å². The van der Waals surface area contributed by atoms with Crippen LogP contribution in [0.1, 0.15) is 17.5 Å². The van der Waals surface area contributed by atoms with Crippen LogP contribution in [0.3, 0.4) is 0 Å². The maximum Gasteiger partial charge on any atom is 0.416 e. The van der Waals surface area contributed by atoms with Gasteiger partial charge in [0, 0.05) is 12.0 Å². The van der Waals surface area contributed by atoms with E-state index < -0.39 is 17.3 Å². The fourth-order valence-corrected chi connectivity index (χ4v) is 1.77. The molecule has 1 unspecified atom stereocenters. The second-order valence-electron chi connectivity index (χ2n) is 3.73. The maximum absolute atomic E-state index is 12.8. The van der Waals surface area contributed by atoms with Crippen molar-refractivity contribution in [2.45, 2.75) is 18.2 Å². The van der Waals surface area contributed by atoms with Crippen LogP contribution >= 0.6 is 0 Å². The van der Waals surface area contributed by atoms with E-state index in [0.29, 0.717) is 6.42 Å². The first-order valence-electron chi connectivity index (χ1n) is 4.78. The van der Waals surface area contributed by atoms with Gasteiger partial charge in [0.15, 0.2) is 0 Å². The van der Waals surface area contributed by atoms with Gasteiger partial charge in [0.2, 0.25) is 0 Å². The highest BCUT2D eigenvalue weighted by atomic mass is 19.4. The van der Waals surface area contributed by atoms with Gasteiger partial charge >= 0.3 is 6.18 Å². The lowest BCUT2D eigenvalue weighted by Crippen LogP contribution is -2.25. The molecule has 1 aromatic carbocycles. The maximum atomic E-state index is 12.8. The zero-order chi connectivity index (χ0) is 11.8. The molecule has 0 saturated heterocycles. The highest BCUT2D eigenvalue weighted by molar-refractivity contribution is 5.37. The average Bonchev–Trinajstić information content (AvgIpc) is 2.65. The van der Waals surface area contributed by atoms with E-state index in [0.717, 1.165) is 6.07 Å². The molecule has 2 rings (SSSR count). The van der Waals surface area contributed by atoms with Crippen LogP contribution in [0.5, 0.6) is 0 Å². The van der Waals surface area contributed by atoms with E-state index in [-0.39, 0.29) is 5.56 Å². The average molecular weight is 227 g/mol. The number of alkyl halides is 3. The van der Waals surface area contributed by atoms with Crippen LogP contribution in [0, 0.1) is 6.92 Å². The van der Waals surface area contributed by atoms with Crippen molar-refractivity contribution < 1.29 is 17.9 Å². The SMILES string of the molecule is [CH2]C1(c2ccccc2C(F)(F)F)CC=CO1. The van der Waals surface area contributed by atoms with Crippen LogP contribution in [0.2, 0.25) is 0 Å². The normalized spacial score (nSPS) is 24.5. The highest BCUT2D eigenvalue weighted by Crippen LogP contribution is 2.41. The van der Waals surface area contributed by atoms with E-state index in [1.54, 1.807) is 12.1 Å². The van der Waals surface area contributed by atoms with Gasteiger partial charge < -0.3 is 4.74 Å². The molecular formula is C12H10F3O. The smallest absolute Gasteiger partial charge is 0.416 e. The number of ether oxygens (including phenoxy) is 1. The van der Waals surface area contributed by atoms with Crippen molar-refractivity contribution in [1.29, 1.82) is 0 Å². The molecule has 1 nitrogen and oxygen atoms in total. The predicted molar refractivity (Wildman–Crippen MR) is 53.3 cm³/mol. The first-order chi connectivity index (χ1) is 7.43. The molecule has 1 aliphatic heterocycles. The topological polar surface area (TPSA) is 9.23 Å². The molecule has 0 fully saturated rings. The molecule has 1 heterocycles. The summed E-state index contributed by atoms with van der Waals surface area (Å²) in [7, 11) is 0. The van der Waals surface area contributed by atoms with Gasteiger partial charge in [-0.2, -0.15) is 13.2 Å². The quantitative estimate of drug-likeness (QED) is 0.711. The van der Waals surface area contributed by atoms with Gasteiger partial charge in [0.1, 0.15) is 5.60 Å². The van der Waals surface area contributed by atoms with Crippen molar-refractivity contribution in [1.82, 2.24) is 0 Å². The third kappa shape index (κ3) is 1.79. The molecule has 0 amide bonds. The minimum atomic E-state index is -4.38. The summed E-state index contributed by atoms with van der Waals surface area (Å²) in [6.07, 6.45) is -0.979. The summed E-state index contributed by atoms with van der Waals surface area (Å²) in [5, 5.41) is 0. The van der Waals surface area contributed by atoms with Crippen molar-refractivity contribution in [3.8, 4) is 0 Å². The third-order valence-corrected chi connectivity index (χ3v) is 2.56. The van der Waals surface area contributed by atoms with Gasteiger partial charge in [-0.15, -0.1) is 0 Å². The molecule has 4 heteroatoms. The van der Waals surface area contributed by atoms with Crippen molar-refractivity contribution in [3.05, 3.63) is 54.7 Å². The number of rotatable bonds is 1. The van der Waals surface area contributed by atoms with E-state index in [1.165, 1.54) is 18.4 Å². The molecule has 1 atom stereocenters. The Kier molecular flexibility index (Phi) is 2.45. The first kappa shape index (κ1) is 11.0. The summed E-state index contributed by atoms with van der Waals surface area (Å²) in [4.78, 5) is 0. The second kappa shape index (κ2) is 3.54. The van der Waals surface area contributed by atoms with E-state index in [4.69, 9.17) is 4.74 Å². The van der Waals surface area contributed by atoms with Crippen LogP contribution in [0.4, 0.5) is 13.2 Å². The van der Waals surface area contributed by atoms with Crippen molar-refractivity contribution >= 4 is 0 Å². The van der Waals surface area contributed by atoms with Gasteiger partial charge in [-0.1, -0.05) is 18.2 Å². The molecule has 0 aliphatic carbocycles. The first-order valence-corrected chi connectivity index (χ1v) is 4.78. The van der Waals surface area contributed by atoms with Gasteiger partial charge in [-0.05, 0) is 19.1 Å². The molecular weight excluding hydrogens is 217 g/mol. The van der Waals surface area contributed by atoms with Crippen LogP contribution in [0.15, 0.2) is 36.6 Å². The summed E-state index contributed by atoms with van der Waals surface area (Å²) in [6.45, 7) is 3.73. The summed E-state index contributed by atoms with van der Waals surface area (Å²) in [5.41, 5.74) is -1.76. The van der Waals surface area contributed by atoms with E-state index in [2.05, 4.69) is 6.92 Å². The van der Waals surface area contributed by atoms with Crippen LogP contribution in [-0.2, 0) is 16.5 Å². The van der Waals surface area contributed by atoms with Crippen LogP contribution in [-0.4, -0.2) is 0 Å². The molecule has 0 bridgehead atoms. The molecule has 1 aliphatic rings. The minimum Gasteiger partial charge on any atom is -0.490 e. The number of halogens is 3. The molecule has 0 saturated carbocycles. The Hall–Kier alpha value is -1.45. The van der Waals surface area contributed by atoms with Crippen LogP contribution < -0.4 is 0 Å². The van der Waals surface area contributed by atoms with Gasteiger partial charge in [-0.25, -0.2) is 0 Å². The molecule has 0 spiro atoms. The molecule has 16 heavy (non-hydrogen) atoms. The number of benzene rings is 1. The highest BCUT2D eigenvalue weighted by Gasteiger charge is 2.40. The monoisotopic (exact) mass is 227 g/mol. The molecule has 1 aromatic rings.